The Morgan fingerprint density at radius 2 is 2.04 bits per heavy atom. The number of benzene rings is 1. The van der Waals surface area contributed by atoms with Crippen LogP contribution in [0.3, 0.4) is 0 Å². The number of anilines is 1. The van der Waals surface area contributed by atoms with Gasteiger partial charge in [0.1, 0.15) is 5.82 Å². The van der Waals surface area contributed by atoms with Gasteiger partial charge >= 0.3 is 0 Å². The quantitative estimate of drug-likeness (QED) is 0.681. The Labute approximate surface area is 162 Å². The smallest absolute Gasteiger partial charge is 0.162 e. The van der Waals surface area contributed by atoms with Crippen molar-refractivity contribution < 1.29 is 9.84 Å². The lowest BCUT2D eigenvalue weighted by molar-refractivity contribution is -0.0163. The number of thiophene rings is 1. The molecule has 1 saturated heterocycles. The minimum Gasteiger partial charge on any atom is -0.387 e. The van der Waals surface area contributed by atoms with Crippen LogP contribution in [0.25, 0.3) is 22.3 Å². The Hall–Kier alpha value is -2.06. The van der Waals surface area contributed by atoms with Crippen LogP contribution in [0, 0.1) is 0 Å². The summed E-state index contributed by atoms with van der Waals surface area (Å²) in [5.41, 5.74) is 1.03. The molecular weight excluding hydrogens is 360 g/mol. The number of nitrogens with zero attached hydrogens (tertiary/aromatic N) is 3. The van der Waals surface area contributed by atoms with Gasteiger partial charge in [0.05, 0.1) is 24.3 Å². The van der Waals surface area contributed by atoms with Gasteiger partial charge in [0.25, 0.3) is 0 Å². The van der Waals surface area contributed by atoms with Crippen molar-refractivity contribution in [2.75, 3.05) is 44.7 Å². The fraction of sp³-hybridized carbons (Fsp3) is 0.400. The third-order valence-corrected chi connectivity index (χ3v) is 5.37. The summed E-state index contributed by atoms with van der Waals surface area (Å²) in [6.45, 7) is 6.04. The standard InChI is InChI=1S/C20H24N4O2S/c1-20(25,14-24-7-9-26-10-8-24)13-21-19-16-4-2-3-5-17(16)22-18(23-19)15-6-11-27-12-15/h2-6,11-12,25H,7-10,13-14H2,1H3,(H,21,22,23). The van der Waals surface area contributed by atoms with Gasteiger partial charge in [-0.15, -0.1) is 0 Å². The van der Waals surface area contributed by atoms with Crippen LogP contribution in [0.15, 0.2) is 41.1 Å². The van der Waals surface area contributed by atoms with E-state index in [1.54, 1.807) is 11.3 Å². The largest absolute Gasteiger partial charge is 0.387 e. The summed E-state index contributed by atoms with van der Waals surface area (Å²) in [5, 5.41) is 19.3. The van der Waals surface area contributed by atoms with Crippen LogP contribution in [-0.4, -0.2) is 65.0 Å². The van der Waals surface area contributed by atoms with E-state index < -0.39 is 5.60 Å². The monoisotopic (exact) mass is 384 g/mol. The number of hydrogen-bond acceptors (Lipinski definition) is 7. The van der Waals surface area contributed by atoms with Crippen molar-refractivity contribution in [1.29, 1.82) is 0 Å². The second-order valence-electron chi connectivity index (χ2n) is 7.16. The van der Waals surface area contributed by atoms with Crippen molar-refractivity contribution in [3.63, 3.8) is 0 Å². The molecule has 7 heteroatoms. The van der Waals surface area contributed by atoms with Gasteiger partial charge in [-0.05, 0) is 30.5 Å². The number of aliphatic hydroxyl groups is 1. The van der Waals surface area contributed by atoms with E-state index in [2.05, 4.69) is 15.2 Å². The van der Waals surface area contributed by atoms with Gasteiger partial charge in [-0.3, -0.25) is 4.90 Å². The van der Waals surface area contributed by atoms with Crippen molar-refractivity contribution in [2.45, 2.75) is 12.5 Å². The predicted molar refractivity (Wildman–Crippen MR) is 109 cm³/mol. The number of morpholine rings is 1. The highest BCUT2D eigenvalue weighted by Crippen LogP contribution is 2.26. The van der Waals surface area contributed by atoms with Crippen LogP contribution in [0.1, 0.15) is 6.92 Å². The molecule has 0 bridgehead atoms. The van der Waals surface area contributed by atoms with E-state index in [9.17, 15) is 5.11 Å². The highest BCUT2D eigenvalue weighted by molar-refractivity contribution is 7.08. The first kappa shape index (κ1) is 18.3. The average molecular weight is 385 g/mol. The van der Waals surface area contributed by atoms with Crippen molar-refractivity contribution in [3.05, 3.63) is 41.1 Å². The maximum absolute atomic E-state index is 10.9. The fourth-order valence-electron chi connectivity index (χ4n) is 3.30. The number of ether oxygens (including phenoxy) is 1. The van der Waals surface area contributed by atoms with E-state index >= 15 is 0 Å². The Balaban J connectivity index is 1.55. The van der Waals surface area contributed by atoms with Crippen LogP contribution >= 0.6 is 11.3 Å². The lowest BCUT2D eigenvalue weighted by atomic mass is 10.1. The topological polar surface area (TPSA) is 70.5 Å². The summed E-state index contributed by atoms with van der Waals surface area (Å²) in [7, 11) is 0. The van der Waals surface area contributed by atoms with E-state index in [1.165, 1.54) is 0 Å². The zero-order valence-corrected chi connectivity index (χ0v) is 16.2. The van der Waals surface area contributed by atoms with E-state index in [-0.39, 0.29) is 0 Å². The van der Waals surface area contributed by atoms with Crippen LogP contribution in [-0.2, 0) is 4.74 Å². The molecular formula is C20H24N4O2S. The number of hydrogen-bond donors (Lipinski definition) is 2. The lowest BCUT2D eigenvalue weighted by Crippen LogP contribution is -2.49. The van der Waals surface area contributed by atoms with Crippen molar-refractivity contribution >= 4 is 28.1 Å². The average Bonchev–Trinajstić information content (AvgIpc) is 3.21. The zero-order chi connectivity index (χ0) is 18.7. The summed E-state index contributed by atoms with van der Waals surface area (Å²) >= 11 is 1.63. The van der Waals surface area contributed by atoms with Gasteiger partial charge in [0.15, 0.2) is 5.82 Å². The number of fused-ring (bicyclic) bond motifs is 1. The maximum Gasteiger partial charge on any atom is 0.162 e. The number of para-hydroxylation sites is 1. The van der Waals surface area contributed by atoms with E-state index in [0.717, 1.165) is 48.6 Å². The Morgan fingerprint density at radius 3 is 2.81 bits per heavy atom. The van der Waals surface area contributed by atoms with Crippen molar-refractivity contribution in [3.8, 4) is 11.4 Å². The molecule has 0 spiro atoms. The summed E-state index contributed by atoms with van der Waals surface area (Å²) < 4.78 is 5.39. The van der Waals surface area contributed by atoms with Gasteiger partial charge in [-0.25, -0.2) is 9.97 Å². The molecule has 4 rings (SSSR count). The van der Waals surface area contributed by atoms with Gasteiger partial charge < -0.3 is 15.2 Å². The Morgan fingerprint density at radius 1 is 1.22 bits per heavy atom. The molecule has 2 aromatic heterocycles. The van der Waals surface area contributed by atoms with E-state index in [0.29, 0.717) is 18.9 Å². The SMILES string of the molecule is CC(O)(CNc1nc(-c2ccsc2)nc2ccccc12)CN1CCOCC1. The maximum atomic E-state index is 10.9. The second-order valence-corrected chi connectivity index (χ2v) is 7.94. The Bertz CT molecular complexity index is 892. The minimum atomic E-state index is -0.869. The molecule has 1 aliphatic rings. The highest BCUT2D eigenvalue weighted by Gasteiger charge is 2.25. The highest BCUT2D eigenvalue weighted by atomic mass is 32.1. The van der Waals surface area contributed by atoms with Gasteiger partial charge in [0.2, 0.25) is 0 Å². The Kier molecular flexibility index (Phi) is 5.36. The van der Waals surface area contributed by atoms with Gasteiger partial charge in [0, 0.05) is 42.5 Å². The number of rotatable bonds is 6. The molecule has 6 nitrogen and oxygen atoms in total. The molecule has 1 unspecified atom stereocenters. The fourth-order valence-corrected chi connectivity index (χ4v) is 3.94. The van der Waals surface area contributed by atoms with Crippen molar-refractivity contribution in [2.24, 2.45) is 0 Å². The second kappa shape index (κ2) is 7.90. The zero-order valence-electron chi connectivity index (χ0n) is 15.4. The molecule has 0 aliphatic carbocycles. The molecule has 1 aromatic carbocycles. The molecule has 3 heterocycles. The molecule has 27 heavy (non-hydrogen) atoms. The predicted octanol–water partition coefficient (Wildman–Crippen LogP) is 2.85. The normalized spacial score (nSPS) is 17.7. The summed E-state index contributed by atoms with van der Waals surface area (Å²) in [5.74, 6) is 1.45. The third kappa shape index (κ3) is 4.44. The first-order chi connectivity index (χ1) is 13.1. The molecule has 2 N–H and O–H groups in total. The number of β-amino-alcohol motifs (C(OH)–C–C–N with tert-alkyl or cyclic N) is 1. The van der Waals surface area contributed by atoms with Gasteiger partial charge in [-0.2, -0.15) is 11.3 Å². The van der Waals surface area contributed by atoms with Crippen LogP contribution < -0.4 is 5.32 Å². The molecule has 0 saturated carbocycles. The van der Waals surface area contributed by atoms with Crippen LogP contribution in [0.5, 0.6) is 0 Å². The number of nitrogens with one attached hydrogen (secondary N) is 1. The minimum absolute atomic E-state index is 0.411. The molecule has 1 fully saturated rings. The van der Waals surface area contributed by atoms with Crippen molar-refractivity contribution in [1.82, 2.24) is 14.9 Å². The molecule has 1 aliphatic heterocycles. The number of aromatic nitrogens is 2. The summed E-state index contributed by atoms with van der Waals surface area (Å²) in [4.78, 5) is 11.7. The molecule has 1 atom stereocenters. The van der Waals surface area contributed by atoms with Gasteiger partial charge in [-0.1, -0.05) is 12.1 Å². The van der Waals surface area contributed by atoms with E-state index in [1.807, 2.05) is 48.0 Å². The molecule has 142 valence electrons. The first-order valence-electron chi connectivity index (χ1n) is 9.16. The summed E-state index contributed by atoms with van der Waals surface area (Å²) in [6.07, 6.45) is 0. The summed E-state index contributed by atoms with van der Waals surface area (Å²) in [6, 6.07) is 9.97. The molecule has 0 amide bonds. The van der Waals surface area contributed by atoms with E-state index in [4.69, 9.17) is 9.72 Å². The lowest BCUT2D eigenvalue weighted by Gasteiger charge is -2.34. The molecule has 3 aromatic rings. The van der Waals surface area contributed by atoms with Crippen LogP contribution in [0.2, 0.25) is 0 Å². The van der Waals surface area contributed by atoms with Crippen LogP contribution in [0.4, 0.5) is 5.82 Å². The third-order valence-electron chi connectivity index (χ3n) is 4.69. The first-order valence-corrected chi connectivity index (χ1v) is 10.1. The molecule has 0 radical (unpaired) electrons.